The second-order valence-electron chi connectivity index (χ2n) is 8.24. The van der Waals surface area contributed by atoms with Crippen LogP contribution in [0.1, 0.15) is 34.9 Å². The lowest BCUT2D eigenvalue weighted by Crippen LogP contribution is -2.46. The molecular formula is C25H19Cl3N2O2. The van der Waals surface area contributed by atoms with Crippen molar-refractivity contribution in [1.29, 1.82) is 0 Å². The summed E-state index contributed by atoms with van der Waals surface area (Å²) in [5.74, 6) is -1.09. The Morgan fingerprint density at radius 3 is 2.06 bits per heavy atom. The van der Waals surface area contributed by atoms with Crippen molar-refractivity contribution in [2.45, 2.75) is 23.7 Å². The van der Waals surface area contributed by atoms with E-state index in [2.05, 4.69) is 10.6 Å². The van der Waals surface area contributed by atoms with E-state index in [1.165, 1.54) is 0 Å². The first-order chi connectivity index (χ1) is 15.4. The second kappa shape index (κ2) is 8.11. The minimum Gasteiger partial charge on any atom is -0.355 e. The van der Waals surface area contributed by atoms with Gasteiger partial charge < -0.3 is 10.6 Å². The van der Waals surface area contributed by atoms with Crippen molar-refractivity contribution in [2.24, 2.45) is 0 Å². The van der Waals surface area contributed by atoms with Crippen LogP contribution in [0.3, 0.4) is 0 Å². The highest BCUT2D eigenvalue weighted by Gasteiger charge is 2.59. The van der Waals surface area contributed by atoms with E-state index in [9.17, 15) is 9.59 Å². The molecule has 32 heavy (non-hydrogen) atoms. The molecule has 2 heterocycles. The van der Waals surface area contributed by atoms with Crippen LogP contribution in [0.25, 0.3) is 0 Å². The summed E-state index contributed by atoms with van der Waals surface area (Å²) in [6, 6.07) is 20.3. The number of hydrogen-bond acceptors (Lipinski definition) is 2. The molecule has 2 aliphatic rings. The first-order valence-corrected chi connectivity index (χ1v) is 11.4. The predicted octanol–water partition coefficient (Wildman–Crippen LogP) is 5.92. The summed E-state index contributed by atoms with van der Waals surface area (Å²) in [5.41, 5.74) is 2.13. The van der Waals surface area contributed by atoms with Crippen molar-refractivity contribution in [3.05, 3.63) is 98.5 Å². The first-order valence-electron chi connectivity index (χ1n) is 10.3. The molecule has 1 fully saturated rings. The molecule has 3 atom stereocenters. The molecule has 0 unspecified atom stereocenters. The van der Waals surface area contributed by atoms with E-state index in [-0.39, 0.29) is 24.2 Å². The van der Waals surface area contributed by atoms with Gasteiger partial charge in [0.1, 0.15) is 0 Å². The van der Waals surface area contributed by atoms with Crippen LogP contribution in [0.4, 0.5) is 5.69 Å². The normalized spacial score (nSPS) is 24.6. The third kappa shape index (κ3) is 3.38. The van der Waals surface area contributed by atoms with Gasteiger partial charge in [-0.3, -0.25) is 9.59 Å². The standard InChI is InChI=1S/C25H19Cl3N2O2/c26-16-5-1-3-14(9-16)20-12-23(31)29-13-21(15-4-2-6-17(27)10-15)25(20)19-8-7-18(28)11-22(19)30-24(25)32/h1-11,20-21H,12-13H2,(H,29,31)(H,30,32)/t20-,21+,25-/m1/s1. The van der Waals surface area contributed by atoms with Crippen molar-refractivity contribution in [3.63, 3.8) is 0 Å². The summed E-state index contributed by atoms with van der Waals surface area (Å²) < 4.78 is 0. The largest absolute Gasteiger partial charge is 0.355 e. The summed E-state index contributed by atoms with van der Waals surface area (Å²) in [6.45, 7) is 0.297. The highest BCUT2D eigenvalue weighted by Crippen LogP contribution is 2.57. The van der Waals surface area contributed by atoms with Gasteiger partial charge in [0.25, 0.3) is 0 Å². The molecule has 5 rings (SSSR count). The third-order valence-electron chi connectivity index (χ3n) is 6.55. The second-order valence-corrected chi connectivity index (χ2v) is 9.55. The van der Waals surface area contributed by atoms with Gasteiger partial charge in [-0.05, 0) is 53.1 Å². The van der Waals surface area contributed by atoms with Gasteiger partial charge in [-0.1, -0.05) is 65.1 Å². The number of carbonyl (C=O) groups excluding carboxylic acids is 2. The van der Waals surface area contributed by atoms with Crippen LogP contribution >= 0.6 is 34.8 Å². The van der Waals surface area contributed by atoms with Crippen molar-refractivity contribution in [3.8, 4) is 0 Å². The number of anilines is 1. The molecule has 1 saturated heterocycles. The number of rotatable bonds is 2. The van der Waals surface area contributed by atoms with Gasteiger partial charge in [0, 0.05) is 45.6 Å². The molecule has 0 aromatic heterocycles. The minimum absolute atomic E-state index is 0.117. The fourth-order valence-corrected chi connectivity index (χ4v) is 5.84. The number of amides is 2. The number of carbonyl (C=O) groups is 2. The first kappa shape index (κ1) is 21.3. The molecule has 0 aliphatic carbocycles. The Morgan fingerprint density at radius 1 is 0.781 bits per heavy atom. The molecular weight excluding hydrogens is 467 g/mol. The quantitative estimate of drug-likeness (QED) is 0.473. The van der Waals surface area contributed by atoms with Crippen molar-refractivity contribution < 1.29 is 9.59 Å². The average molecular weight is 486 g/mol. The van der Waals surface area contributed by atoms with E-state index in [1.54, 1.807) is 24.3 Å². The number of halogens is 3. The molecule has 4 nitrogen and oxygen atoms in total. The van der Waals surface area contributed by atoms with E-state index >= 15 is 0 Å². The van der Waals surface area contributed by atoms with Crippen molar-refractivity contribution >= 4 is 52.3 Å². The van der Waals surface area contributed by atoms with Crippen molar-refractivity contribution in [1.82, 2.24) is 5.32 Å². The van der Waals surface area contributed by atoms with E-state index < -0.39 is 11.3 Å². The smallest absolute Gasteiger partial charge is 0.236 e. The lowest BCUT2D eigenvalue weighted by Gasteiger charge is -2.40. The minimum atomic E-state index is -1.06. The van der Waals surface area contributed by atoms with Crippen LogP contribution in [0.2, 0.25) is 15.1 Å². The molecule has 7 heteroatoms. The number of hydrogen-bond donors (Lipinski definition) is 2. The summed E-state index contributed by atoms with van der Waals surface area (Å²) in [5, 5.41) is 7.72. The van der Waals surface area contributed by atoms with Gasteiger partial charge in [0.05, 0.1) is 5.41 Å². The van der Waals surface area contributed by atoms with Crippen LogP contribution in [0, 0.1) is 0 Å². The molecule has 0 bridgehead atoms. The summed E-state index contributed by atoms with van der Waals surface area (Å²) in [6.07, 6.45) is 0.146. The summed E-state index contributed by atoms with van der Waals surface area (Å²) >= 11 is 18.9. The Morgan fingerprint density at radius 2 is 1.41 bits per heavy atom. The summed E-state index contributed by atoms with van der Waals surface area (Å²) in [7, 11) is 0. The van der Waals surface area contributed by atoms with E-state index in [1.807, 2.05) is 42.5 Å². The van der Waals surface area contributed by atoms with Gasteiger partial charge in [-0.15, -0.1) is 0 Å². The monoisotopic (exact) mass is 484 g/mol. The van der Waals surface area contributed by atoms with Crippen LogP contribution < -0.4 is 10.6 Å². The van der Waals surface area contributed by atoms with Crippen LogP contribution in [0.15, 0.2) is 66.7 Å². The molecule has 0 radical (unpaired) electrons. The van der Waals surface area contributed by atoms with Crippen molar-refractivity contribution in [2.75, 3.05) is 11.9 Å². The van der Waals surface area contributed by atoms with E-state index in [4.69, 9.17) is 34.8 Å². The van der Waals surface area contributed by atoms with Gasteiger partial charge in [-0.25, -0.2) is 0 Å². The highest BCUT2D eigenvalue weighted by atomic mass is 35.5. The fourth-order valence-electron chi connectivity index (χ4n) is 5.27. The average Bonchev–Trinajstić information content (AvgIpc) is 2.93. The van der Waals surface area contributed by atoms with Gasteiger partial charge in [-0.2, -0.15) is 0 Å². The molecule has 162 valence electrons. The molecule has 1 spiro atoms. The van der Waals surface area contributed by atoms with E-state index in [0.717, 1.165) is 16.7 Å². The maximum absolute atomic E-state index is 14.0. The Bertz CT molecular complexity index is 1250. The zero-order valence-corrected chi connectivity index (χ0v) is 19.1. The van der Waals surface area contributed by atoms with Crippen LogP contribution in [-0.2, 0) is 15.0 Å². The van der Waals surface area contributed by atoms with Gasteiger partial charge in [0.15, 0.2) is 0 Å². The lowest BCUT2D eigenvalue weighted by atomic mass is 9.59. The number of fused-ring (bicyclic) bond motifs is 2. The van der Waals surface area contributed by atoms with Gasteiger partial charge >= 0.3 is 0 Å². The fraction of sp³-hybridized carbons (Fsp3) is 0.200. The zero-order valence-electron chi connectivity index (χ0n) is 16.9. The number of benzene rings is 3. The third-order valence-corrected chi connectivity index (χ3v) is 7.25. The Kier molecular flexibility index (Phi) is 5.40. The maximum atomic E-state index is 14.0. The molecule has 3 aromatic carbocycles. The SMILES string of the molecule is O=C1C[C@H](c2cccc(Cl)c2)[C@@]2(C(=O)Nc3cc(Cl)ccc32)[C@H](c2cccc(Cl)c2)CN1. The van der Waals surface area contributed by atoms with E-state index in [0.29, 0.717) is 27.3 Å². The van der Waals surface area contributed by atoms with Crippen LogP contribution in [-0.4, -0.2) is 18.4 Å². The number of nitrogens with one attached hydrogen (secondary N) is 2. The van der Waals surface area contributed by atoms with Crippen LogP contribution in [0.5, 0.6) is 0 Å². The highest BCUT2D eigenvalue weighted by molar-refractivity contribution is 6.31. The summed E-state index contributed by atoms with van der Waals surface area (Å²) in [4.78, 5) is 26.8. The Labute approximate surface area is 200 Å². The molecule has 2 aliphatic heterocycles. The Hall–Kier alpha value is -2.53. The lowest BCUT2D eigenvalue weighted by molar-refractivity contribution is -0.123. The topological polar surface area (TPSA) is 58.2 Å². The molecule has 0 saturated carbocycles. The molecule has 2 N–H and O–H groups in total. The predicted molar refractivity (Wildman–Crippen MR) is 128 cm³/mol. The Balaban J connectivity index is 1.83. The molecule has 2 amide bonds. The maximum Gasteiger partial charge on any atom is 0.236 e. The van der Waals surface area contributed by atoms with Gasteiger partial charge in [0.2, 0.25) is 11.8 Å². The zero-order chi connectivity index (χ0) is 22.5. The molecule has 3 aromatic rings.